The van der Waals surface area contributed by atoms with Crippen LogP contribution in [0.2, 0.25) is 10.0 Å². The molecule has 3 fully saturated rings. The van der Waals surface area contributed by atoms with E-state index in [1.54, 1.807) is 23.1 Å². The summed E-state index contributed by atoms with van der Waals surface area (Å²) in [6, 6.07) is 14.4. The fourth-order valence-electron chi connectivity index (χ4n) is 5.32. The molecule has 2 heterocycles. The number of carbonyl (C=O) groups excluding carboxylic acids is 2. The highest BCUT2D eigenvalue weighted by molar-refractivity contribution is 6.39. The van der Waals surface area contributed by atoms with Crippen LogP contribution in [-0.4, -0.2) is 40.8 Å². The van der Waals surface area contributed by atoms with Crippen molar-refractivity contribution in [2.75, 3.05) is 6.54 Å². The molecule has 186 valence electrons. The molecule has 2 saturated carbocycles. The van der Waals surface area contributed by atoms with Gasteiger partial charge in [-0.2, -0.15) is 0 Å². The van der Waals surface area contributed by atoms with Crippen LogP contribution in [0.4, 0.5) is 4.79 Å². The number of fused-ring (bicyclic) bond motifs is 2. The second kappa shape index (κ2) is 9.45. The number of likely N-dealkylation sites (tertiary alicyclic amines) is 1. The second-order valence-corrected chi connectivity index (χ2v) is 10.5. The standard InChI is InChI=1S/C27H24Cl2N2O5/c28-18-7-4-8-19(29)22(18)24-23(25(36-30-24)17-9-10-17)26(32)35-21-12-16-11-20(21)31(13-16)27(33)34-14-15-5-2-1-3-6-15/h1-8,16-17,20-21H,9-14H2/t16-,20+,21+/m0/s1. The molecule has 0 N–H and O–H groups in total. The maximum atomic E-state index is 13.6. The summed E-state index contributed by atoms with van der Waals surface area (Å²) in [7, 11) is 0. The zero-order valence-electron chi connectivity index (χ0n) is 19.4. The summed E-state index contributed by atoms with van der Waals surface area (Å²) in [4.78, 5) is 28.1. The number of hydrogen-bond donors (Lipinski definition) is 0. The number of ether oxygens (including phenoxy) is 2. The monoisotopic (exact) mass is 526 g/mol. The fraction of sp³-hybridized carbons (Fsp3) is 0.370. The molecule has 3 atom stereocenters. The first-order valence-corrected chi connectivity index (χ1v) is 12.9. The van der Waals surface area contributed by atoms with Crippen LogP contribution in [0.1, 0.15) is 53.3 Å². The molecule has 3 aromatic rings. The summed E-state index contributed by atoms with van der Waals surface area (Å²) < 4.78 is 17.2. The SMILES string of the molecule is O=C(O[C@@H]1C[C@@H]2C[C@H]1N(C(=O)OCc1ccccc1)C2)c1c(-c2c(Cl)cccc2Cl)noc1C1CC1. The molecule has 9 heteroatoms. The van der Waals surface area contributed by atoms with Crippen molar-refractivity contribution in [2.45, 2.75) is 50.4 Å². The molecule has 1 amide bonds. The number of halogens is 2. The average Bonchev–Trinajstić information content (AvgIpc) is 3.31. The molecule has 2 bridgehead atoms. The van der Waals surface area contributed by atoms with E-state index in [2.05, 4.69) is 5.16 Å². The fourth-order valence-corrected chi connectivity index (χ4v) is 5.90. The van der Waals surface area contributed by atoms with Gasteiger partial charge in [0, 0.05) is 18.0 Å². The highest BCUT2D eigenvalue weighted by Crippen LogP contribution is 2.47. The van der Waals surface area contributed by atoms with Crippen LogP contribution in [0, 0.1) is 5.92 Å². The third-order valence-corrected chi connectivity index (χ3v) is 7.82. The van der Waals surface area contributed by atoms with E-state index in [4.69, 9.17) is 37.2 Å². The van der Waals surface area contributed by atoms with E-state index in [9.17, 15) is 9.59 Å². The predicted octanol–water partition coefficient (Wildman–Crippen LogP) is 6.48. The summed E-state index contributed by atoms with van der Waals surface area (Å²) in [5.74, 6) is 0.368. The smallest absolute Gasteiger partial charge is 0.410 e. The van der Waals surface area contributed by atoms with Gasteiger partial charge in [0.2, 0.25) is 0 Å². The third-order valence-electron chi connectivity index (χ3n) is 7.19. The van der Waals surface area contributed by atoms with Crippen molar-refractivity contribution in [3.05, 3.63) is 75.5 Å². The maximum absolute atomic E-state index is 13.6. The van der Waals surface area contributed by atoms with Crippen LogP contribution in [0.15, 0.2) is 53.1 Å². The number of amides is 1. The number of rotatable bonds is 6. The maximum Gasteiger partial charge on any atom is 0.410 e. The van der Waals surface area contributed by atoms with Gasteiger partial charge in [0.05, 0.1) is 16.1 Å². The van der Waals surface area contributed by atoms with Crippen LogP contribution in [0.25, 0.3) is 11.3 Å². The highest BCUT2D eigenvalue weighted by Gasteiger charge is 2.50. The topological polar surface area (TPSA) is 81.9 Å². The summed E-state index contributed by atoms with van der Waals surface area (Å²) >= 11 is 12.8. The Bertz CT molecular complexity index is 1290. The Kier molecular flexibility index (Phi) is 6.13. The first kappa shape index (κ1) is 23.4. The highest BCUT2D eigenvalue weighted by atomic mass is 35.5. The third kappa shape index (κ3) is 4.35. The molecule has 1 aliphatic heterocycles. The Hall–Kier alpha value is -3.03. The minimum absolute atomic E-state index is 0.125. The van der Waals surface area contributed by atoms with Gasteiger partial charge in [-0.05, 0) is 49.3 Å². The molecule has 7 nitrogen and oxygen atoms in total. The molecule has 2 aromatic carbocycles. The lowest BCUT2D eigenvalue weighted by Crippen LogP contribution is -2.46. The van der Waals surface area contributed by atoms with E-state index in [0.29, 0.717) is 40.0 Å². The molecule has 36 heavy (non-hydrogen) atoms. The molecule has 3 aliphatic rings. The van der Waals surface area contributed by atoms with E-state index < -0.39 is 12.1 Å². The molecular formula is C27H24Cl2N2O5. The van der Waals surface area contributed by atoms with Crippen molar-refractivity contribution in [2.24, 2.45) is 5.92 Å². The molecule has 0 spiro atoms. The molecule has 2 aliphatic carbocycles. The van der Waals surface area contributed by atoms with Gasteiger partial charge in [0.1, 0.15) is 24.0 Å². The van der Waals surface area contributed by atoms with Gasteiger partial charge >= 0.3 is 12.1 Å². The molecule has 0 radical (unpaired) electrons. The normalized spacial score (nSPS) is 22.6. The first-order chi connectivity index (χ1) is 17.5. The Morgan fingerprint density at radius 3 is 2.47 bits per heavy atom. The number of benzene rings is 2. The van der Waals surface area contributed by atoms with Crippen molar-refractivity contribution in [3.63, 3.8) is 0 Å². The second-order valence-electron chi connectivity index (χ2n) is 9.68. The number of nitrogens with zero attached hydrogens (tertiary/aromatic N) is 2. The van der Waals surface area contributed by atoms with Gasteiger partial charge < -0.3 is 18.9 Å². The summed E-state index contributed by atoms with van der Waals surface area (Å²) in [5, 5.41) is 4.93. The van der Waals surface area contributed by atoms with Gasteiger partial charge in [-0.1, -0.05) is 64.8 Å². The Morgan fingerprint density at radius 2 is 1.78 bits per heavy atom. The molecule has 6 rings (SSSR count). The van der Waals surface area contributed by atoms with Gasteiger partial charge in [-0.3, -0.25) is 0 Å². The van der Waals surface area contributed by atoms with Gasteiger partial charge in [-0.25, -0.2) is 9.59 Å². The average molecular weight is 527 g/mol. The van der Waals surface area contributed by atoms with Crippen molar-refractivity contribution >= 4 is 35.3 Å². The zero-order valence-corrected chi connectivity index (χ0v) is 20.9. The van der Waals surface area contributed by atoms with Crippen molar-refractivity contribution in [3.8, 4) is 11.3 Å². The van der Waals surface area contributed by atoms with E-state index in [1.165, 1.54) is 0 Å². The summed E-state index contributed by atoms with van der Waals surface area (Å²) in [6.45, 7) is 0.804. The Morgan fingerprint density at radius 1 is 1.03 bits per heavy atom. The van der Waals surface area contributed by atoms with Crippen molar-refractivity contribution < 1.29 is 23.6 Å². The lowest BCUT2D eigenvalue weighted by molar-refractivity contribution is -0.00193. The van der Waals surface area contributed by atoms with E-state index in [0.717, 1.165) is 24.8 Å². The van der Waals surface area contributed by atoms with E-state index in [-0.39, 0.29) is 36.1 Å². The van der Waals surface area contributed by atoms with Crippen molar-refractivity contribution in [1.82, 2.24) is 10.1 Å². The molecule has 1 saturated heterocycles. The van der Waals surface area contributed by atoms with Gasteiger partial charge in [-0.15, -0.1) is 0 Å². The lowest BCUT2D eigenvalue weighted by atomic mass is 10.0. The van der Waals surface area contributed by atoms with Crippen LogP contribution in [-0.2, 0) is 16.1 Å². The molecule has 0 unspecified atom stereocenters. The minimum Gasteiger partial charge on any atom is -0.456 e. The van der Waals surface area contributed by atoms with Gasteiger partial charge in [0.15, 0.2) is 5.76 Å². The lowest BCUT2D eigenvalue weighted by Gasteiger charge is -2.32. The quantitative estimate of drug-likeness (QED) is 0.341. The predicted molar refractivity (Wildman–Crippen MR) is 133 cm³/mol. The van der Waals surface area contributed by atoms with Crippen molar-refractivity contribution in [1.29, 1.82) is 0 Å². The summed E-state index contributed by atoms with van der Waals surface area (Å²) in [5.41, 5.74) is 1.93. The van der Waals surface area contributed by atoms with Gasteiger partial charge in [0.25, 0.3) is 0 Å². The van der Waals surface area contributed by atoms with E-state index in [1.807, 2.05) is 30.3 Å². The Labute approximate surface area is 218 Å². The number of esters is 1. The number of carbonyl (C=O) groups is 2. The van der Waals surface area contributed by atoms with E-state index >= 15 is 0 Å². The number of piperidine rings is 1. The first-order valence-electron chi connectivity index (χ1n) is 12.1. The van der Waals surface area contributed by atoms with Crippen LogP contribution in [0.5, 0.6) is 0 Å². The zero-order chi connectivity index (χ0) is 24.8. The number of aromatic nitrogens is 1. The Balaban J connectivity index is 1.20. The minimum atomic E-state index is -0.528. The number of hydrogen-bond acceptors (Lipinski definition) is 6. The largest absolute Gasteiger partial charge is 0.456 e. The molecule has 1 aromatic heterocycles. The van der Waals surface area contributed by atoms with Crippen LogP contribution < -0.4 is 0 Å². The summed E-state index contributed by atoms with van der Waals surface area (Å²) in [6.07, 6.45) is 2.49. The van der Waals surface area contributed by atoms with Crippen LogP contribution in [0.3, 0.4) is 0 Å². The molecular weight excluding hydrogens is 503 g/mol. The van der Waals surface area contributed by atoms with Crippen LogP contribution >= 0.6 is 23.2 Å².